The number of hydrogen-bond acceptors (Lipinski definition) is 3. The van der Waals surface area contributed by atoms with Crippen LogP contribution in [0.25, 0.3) is 0 Å². The zero-order valence-electron chi connectivity index (χ0n) is 14.9. The molecule has 5 nitrogen and oxygen atoms in total. The minimum absolute atomic E-state index is 0.167. The van der Waals surface area contributed by atoms with Crippen LogP contribution in [-0.4, -0.2) is 33.7 Å². The summed E-state index contributed by atoms with van der Waals surface area (Å²) in [5, 5.41) is 7.52. The van der Waals surface area contributed by atoms with Gasteiger partial charge in [0, 0.05) is 38.8 Å². The molecule has 2 aromatic rings. The van der Waals surface area contributed by atoms with Crippen molar-refractivity contribution in [1.29, 1.82) is 0 Å². The Morgan fingerprint density at radius 2 is 2.19 bits per heavy atom. The number of aromatic nitrogens is 2. The van der Waals surface area contributed by atoms with E-state index in [0.717, 1.165) is 25.1 Å². The second kappa shape index (κ2) is 7.58. The van der Waals surface area contributed by atoms with E-state index in [0.29, 0.717) is 25.4 Å². The number of amides is 1. The number of hydrogen-bond donors (Lipinski definition) is 1. The first kappa shape index (κ1) is 17.2. The lowest BCUT2D eigenvalue weighted by atomic mass is 10.1. The Morgan fingerprint density at radius 1 is 1.31 bits per heavy atom. The first-order chi connectivity index (χ1) is 12.7. The number of rotatable bonds is 7. The van der Waals surface area contributed by atoms with Gasteiger partial charge in [-0.15, -0.1) is 0 Å². The normalized spacial score (nSPS) is 20.0. The first-order valence-corrected chi connectivity index (χ1v) is 9.43. The predicted octanol–water partition coefficient (Wildman–Crippen LogP) is 2.89. The predicted molar refractivity (Wildman–Crippen MR) is 96.7 cm³/mol. The van der Waals surface area contributed by atoms with Gasteiger partial charge in [0.1, 0.15) is 5.82 Å². The average Bonchev–Trinajstić information content (AvgIpc) is 3.28. The number of carbonyl (C=O) groups is 1. The topological polar surface area (TPSA) is 50.2 Å². The summed E-state index contributed by atoms with van der Waals surface area (Å²) in [6.45, 7) is 3.04. The fourth-order valence-electron chi connectivity index (χ4n) is 3.73. The van der Waals surface area contributed by atoms with Gasteiger partial charge in [-0.1, -0.05) is 12.1 Å². The van der Waals surface area contributed by atoms with Gasteiger partial charge in [-0.2, -0.15) is 5.10 Å². The molecule has 1 fully saturated rings. The van der Waals surface area contributed by atoms with Crippen LogP contribution in [0, 0.1) is 11.7 Å². The van der Waals surface area contributed by atoms with E-state index >= 15 is 0 Å². The third-order valence-corrected chi connectivity index (χ3v) is 5.22. The van der Waals surface area contributed by atoms with Gasteiger partial charge in [-0.3, -0.25) is 14.4 Å². The molecular formula is C20H25FN4O. The standard InChI is InChI=1S/C20H25FN4O/c21-17-3-1-2-16(10-17)12-24-13-18(25-19(14-24)7-9-23-25)6-8-22-20(26)11-15-4-5-15/h1-3,7,9-10,15,18H,4-6,8,11-14H2,(H,22,26)/t18-/m1/s1. The number of fused-ring (bicyclic) bond motifs is 1. The molecule has 138 valence electrons. The Kier molecular flexibility index (Phi) is 5.02. The second-order valence-corrected chi connectivity index (χ2v) is 7.51. The van der Waals surface area contributed by atoms with E-state index in [4.69, 9.17) is 0 Å². The minimum Gasteiger partial charge on any atom is -0.356 e. The molecule has 1 aliphatic carbocycles. The van der Waals surface area contributed by atoms with E-state index in [1.807, 2.05) is 18.3 Å². The minimum atomic E-state index is -0.195. The Bertz CT molecular complexity index is 771. The van der Waals surface area contributed by atoms with Gasteiger partial charge < -0.3 is 5.32 Å². The van der Waals surface area contributed by atoms with E-state index in [1.165, 1.54) is 24.6 Å². The van der Waals surface area contributed by atoms with E-state index in [1.54, 1.807) is 12.1 Å². The zero-order valence-corrected chi connectivity index (χ0v) is 14.9. The summed E-state index contributed by atoms with van der Waals surface area (Å²) in [6, 6.07) is 9.05. The molecule has 0 radical (unpaired) electrons. The molecule has 6 heteroatoms. The zero-order chi connectivity index (χ0) is 17.9. The van der Waals surface area contributed by atoms with E-state index < -0.39 is 0 Å². The molecule has 0 unspecified atom stereocenters. The summed E-state index contributed by atoms with van der Waals surface area (Å²) >= 11 is 0. The highest BCUT2D eigenvalue weighted by Crippen LogP contribution is 2.32. The maximum atomic E-state index is 13.5. The lowest BCUT2D eigenvalue weighted by Crippen LogP contribution is -2.39. The SMILES string of the molecule is O=C(CC1CC1)NCC[C@@H]1CN(Cc2cccc(F)c2)Cc2ccnn21. The van der Waals surface area contributed by atoms with Crippen LogP contribution >= 0.6 is 0 Å². The average molecular weight is 356 g/mol. The maximum Gasteiger partial charge on any atom is 0.220 e. The molecule has 2 heterocycles. The van der Waals surface area contributed by atoms with Crippen molar-refractivity contribution in [3.05, 3.63) is 53.6 Å². The molecule has 4 rings (SSSR count). The molecule has 0 spiro atoms. The molecule has 1 amide bonds. The summed E-state index contributed by atoms with van der Waals surface area (Å²) in [6.07, 6.45) is 5.75. The summed E-state index contributed by atoms with van der Waals surface area (Å²) in [5.74, 6) is 0.587. The van der Waals surface area contributed by atoms with Crippen LogP contribution in [0.4, 0.5) is 4.39 Å². The van der Waals surface area contributed by atoms with Crippen LogP contribution in [0.2, 0.25) is 0 Å². The van der Waals surface area contributed by atoms with Crippen molar-refractivity contribution in [2.24, 2.45) is 5.92 Å². The van der Waals surface area contributed by atoms with Gasteiger partial charge in [0.25, 0.3) is 0 Å². The van der Waals surface area contributed by atoms with E-state index in [9.17, 15) is 9.18 Å². The van der Waals surface area contributed by atoms with Crippen molar-refractivity contribution in [3.8, 4) is 0 Å². The molecule has 1 atom stereocenters. The third-order valence-electron chi connectivity index (χ3n) is 5.22. The molecular weight excluding hydrogens is 331 g/mol. The molecule has 0 bridgehead atoms. The first-order valence-electron chi connectivity index (χ1n) is 9.43. The summed E-state index contributed by atoms with van der Waals surface area (Å²) in [4.78, 5) is 14.2. The number of nitrogens with zero attached hydrogens (tertiary/aromatic N) is 3. The van der Waals surface area contributed by atoms with Crippen molar-refractivity contribution in [2.75, 3.05) is 13.1 Å². The van der Waals surface area contributed by atoms with Gasteiger partial charge in [0.05, 0.1) is 11.7 Å². The Balaban J connectivity index is 1.35. The van der Waals surface area contributed by atoms with E-state index in [-0.39, 0.29) is 17.8 Å². The summed E-state index contributed by atoms with van der Waals surface area (Å²) < 4.78 is 15.5. The molecule has 1 aromatic heterocycles. The summed E-state index contributed by atoms with van der Waals surface area (Å²) in [7, 11) is 0. The van der Waals surface area contributed by atoms with Crippen molar-refractivity contribution in [2.45, 2.75) is 44.8 Å². The highest BCUT2D eigenvalue weighted by atomic mass is 19.1. The largest absolute Gasteiger partial charge is 0.356 e. The molecule has 1 N–H and O–H groups in total. The maximum absolute atomic E-state index is 13.5. The second-order valence-electron chi connectivity index (χ2n) is 7.51. The van der Waals surface area contributed by atoms with Gasteiger partial charge in [0.2, 0.25) is 5.91 Å². The van der Waals surface area contributed by atoms with Crippen molar-refractivity contribution < 1.29 is 9.18 Å². The van der Waals surface area contributed by atoms with Crippen molar-refractivity contribution in [3.63, 3.8) is 0 Å². The van der Waals surface area contributed by atoms with Gasteiger partial charge in [-0.05, 0) is 48.9 Å². The van der Waals surface area contributed by atoms with Crippen LogP contribution in [0.15, 0.2) is 36.5 Å². The number of benzene rings is 1. The van der Waals surface area contributed by atoms with Crippen molar-refractivity contribution in [1.82, 2.24) is 20.0 Å². The van der Waals surface area contributed by atoms with Crippen LogP contribution in [0.5, 0.6) is 0 Å². The molecule has 2 aliphatic rings. The molecule has 0 saturated heterocycles. The highest BCUT2D eigenvalue weighted by Gasteiger charge is 2.26. The molecule has 26 heavy (non-hydrogen) atoms. The Labute approximate surface area is 153 Å². The fraction of sp³-hybridized carbons (Fsp3) is 0.500. The smallest absolute Gasteiger partial charge is 0.220 e. The summed E-state index contributed by atoms with van der Waals surface area (Å²) in [5.41, 5.74) is 2.15. The van der Waals surface area contributed by atoms with Gasteiger partial charge >= 0.3 is 0 Å². The van der Waals surface area contributed by atoms with Crippen molar-refractivity contribution >= 4 is 5.91 Å². The molecule has 1 aliphatic heterocycles. The molecule has 1 saturated carbocycles. The quantitative estimate of drug-likeness (QED) is 0.830. The number of carbonyl (C=O) groups excluding carboxylic acids is 1. The lowest BCUT2D eigenvalue weighted by molar-refractivity contribution is -0.121. The third kappa shape index (κ3) is 4.30. The van der Waals surface area contributed by atoms with Crippen LogP contribution in [-0.2, 0) is 17.9 Å². The fourth-order valence-corrected chi connectivity index (χ4v) is 3.73. The van der Waals surface area contributed by atoms with Crippen LogP contribution < -0.4 is 5.32 Å². The van der Waals surface area contributed by atoms with Gasteiger partial charge in [-0.25, -0.2) is 4.39 Å². The Morgan fingerprint density at radius 3 is 3.00 bits per heavy atom. The highest BCUT2D eigenvalue weighted by molar-refractivity contribution is 5.76. The van der Waals surface area contributed by atoms with E-state index in [2.05, 4.69) is 20.0 Å². The Hall–Kier alpha value is -2.21. The number of nitrogens with one attached hydrogen (secondary N) is 1. The van der Waals surface area contributed by atoms with Crippen LogP contribution in [0.1, 0.15) is 43.0 Å². The monoisotopic (exact) mass is 356 g/mol. The van der Waals surface area contributed by atoms with Crippen LogP contribution in [0.3, 0.4) is 0 Å². The lowest BCUT2D eigenvalue weighted by Gasteiger charge is -2.34. The van der Waals surface area contributed by atoms with Gasteiger partial charge in [0.15, 0.2) is 0 Å². The number of halogens is 1. The molecule has 1 aromatic carbocycles.